The molecule has 23 heavy (non-hydrogen) atoms. The van der Waals surface area contributed by atoms with E-state index in [0.717, 1.165) is 10.6 Å². The summed E-state index contributed by atoms with van der Waals surface area (Å²) in [6, 6.07) is 2.93. The quantitative estimate of drug-likeness (QED) is 0.899. The van der Waals surface area contributed by atoms with Gasteiger partial charge in [0.15, 0.2) is 0 Å². The maximum absolute atomic E-state index is 12.6. The van der Waals surface area contributed by atoms with E-state index in [4.69, 9.17) is 0 Å². The van der Waals surface area contributed by atoms with Crippen molar-refractivity contribution in [1.29, 1.82) is 0 Å². The molecule has 1 N–H and O–H groups in total. The summed E-state index contributed by atoms with van der Waals surface area (Å²) in [5.41, 5.74) is -1.65. The molecule has 0 saturated heterocycles. The highest BCUT2D eigenvalue weighted by Gasteiger charge is 2.31. The fourth-order valence-electron chi connectivity index (χ4n) is 2.03. The van der Waals surface area contributed by atoms with Gasteiger partial charge in [-0.15, -0.1) is 0 Å². The van der Waals surface area contributed by atoms with Crippen molar-refractivity contribution in [2.75, 3.05) is 0 Å². The molecule has 0 radical (unpaired) electrons. The van der Waals surface area contributed by atoms with Crippen molar-refractivity contribution in [3.63, 3.8) is 0 Å². The van der Waals surface area contributed by atoms with Gasteiger partial charge in [0.2, 0.25) is 5.91 Å². The number of hydrogen-bond acceptors (Lipinski definition) is 3. The Morgan fingerprint density at radius 3 is 2.74 bits per heavy atom. The van der Waals surface area contributed by atoms with Crippen LogP contribution in [0.25, 0.3) is 0 Å². The zero-order chi connectivity index (χ0) is 17.0. The lowest BCUT2D eigenvalue weighted by Gasteiger charge is -2.15. The average molecular weight is 328 g/mol. The van der Waals surface area contributed by atoms with Crippen LogP contribution in [0.4, 0.5) is 13.2 Å². The van der Waals surface area contributed by atoms with E-state index in [9.17, 15) is 22.8 Å². The maximum Gasteiger partial charge on any atom is 0.417 e. The van der Waals surface area contributed by atoms with Crippen LogP contribution < -0.4 is 10.9 Å². The van der Waals surface area contributed by atoms with Crippen LogP contribution in [0.2, 0.25) is 0 Å². The fraction of sp³-hybridized carbons (Fsp3) is 0.357. The molecule has 2 heterocycles. The standard InChI is InChI=1S/C14H15F3N4O2/c1-10(7-21-6-2-5-18-21)19-12(22)9-20-8-11(14(15,16)17)3-4-13(20)23/h2-6,8,10H,7,9H2,1H3,(H,19,22). The molecule has 0 saturated carbocycles. The molecular weight excluding hydrogens is 313 g/mol. The highest BCUT2D eigenvalue weighted by atomic mass is 19.4. The van der Waals surface area contributed by atoms with Crippen LogP contribution in [0.5, 0.6) is 0 Å². The van der Waals surface area contributed by atoms with Gasteiger partial charge < -0.3 is 9.88 Å². The van der Waals surface area contributed by atoms with Crippen molar-refractivity contribution in [3.8, 4) is 0 Å². The van der Waals surface area contributed by atoms with Crippen LogP contribution in [-0.2, 0) is 24.1 Å². The molecule has 1 atom stereocenters. The number of pyridine rings is 1. The Morgan fingerprint density at radius 2 is 2.13 bits per heavy atom. The molecule has 0 aliphatic heterocycles. The lowest BCUT2D eigenvalue weighted by molar-refractivity contribution is -0.138. The number of rotatable bonds is 5. The second-order valence-electron chi connectivity index (χ2n) is 5.08. The lowest BCUT2D eigenvalue weighted by atomic mass is 10.2. The van der Waals surface area contributed by atoms with E-state index in [1.54, 1.807) is 30.1 Å². The average Bonchev–Trinajstić information content (AvgIpc) is 2.92. The predicted molar refractivity (Wildman–Crippen MR) is 75.5 cm³/mol. The molecule has 6 nitrogen and oxygen atoms in total. The smallest absolute Gasteiger partial charge is 0.350 e. The van der Waals surface area contributed by atoms with Crippen LogP contribution in [0.3, 0.4) is 0 Å². The van der Waals surface area contributed by atoms with E-state index in [-0.39, 0.29) is 6.04 Å². The summed E-state index contributed by atoms with van der Waals surface area (Å²) in [4.78, 5) is 23.5. The Bertz CT molecular complexity index is 722. The SMILES string of the molecule is CC(Cn1cccn1)NC(=O)Cn1cc(C(F)(F)F)ccc1=O. The molecule has 0 spiro atoms. The molecule has 0 bridgehead atoms. The largest absolute Gasteiger partial charge is 0.417 e. The first-order chi connectivity index (χ1) is 10.8. The monoisotopic (exact) mass is 328 g/mol. The summed E-state index contributed by atoms with van der Waals surface area (Å²) < 4.78 is 40.2. The fourth-order valence-corrected chi connectivity index (χ4v) is 2.03. The van der Waals surface area contributed by atoms with Gasteiger partial charge in [0, 0.05) is 30.7 Å². The second-order valence-corrected chi connectivity index (χ2v) is 5.08. The lowest BCUT2D eigenvalue weighted by Crippen LogP contribution is -2.39. The zero-order valence-electron chi connectivity index (χ0n) is 12.2. The molecule has 0 aliphatic rings. The van der Waals surface area contributed by atoms with Crippen molar-refractivity contribution in [2.24, 2.45) is 0 Å². The second kappa shape index (κ2) is 6.67. The molecule has 0 fully saturated rings. The maximum atomic E-state index is 12.6. The molecule has 0 aliphatic carbocycles. The summed E-state index contributed by atoms with van der Waals surface area (Å²) in [5, 5.41) is 6.60. The Hall–Kier alpha value is -2.58. The third-order valence-corrected chi connectivity index (χ3v) is 3.05. The van der Waals surface area contributed by atoms with E-state index in [1.165, 1.54) is 0 Å². The molecule has 2 aromatic rings. The van der Waals surface area contributed by atoms with E-state index in [0.29, 0.717) is 18.8 Å². The minimum absolute atomic E-state index is 0.288. The van der Waals surface area contributed by atoms with E-state index >= 15 is 0 Å². The molecule has 2 rings (SSSR count). The van der Waals surface area contributed by atoms with Gasteiger partial charge in [-0.2, -0.15) is 18.3 Å². The van der Waals surface area contributed by atoms with Gasteiger partial charge in [-0.1, -0.05) is 0 Å². The Morgan fingerprint density at radius 1 is 1.39 bits per heavy atom. The van der Waals surface area contributed by atoms with E-state index < -0.39 is 29.8 Å². The van der Waals surface area contributed by atoms with Gasteiger partial charge in [-0.05, 0) is 19.1 Å². The van der Waals surface area contributed by atoms with Gasteiger partial charge >= 0.3 is 6.18 Å². The van der Waals surface area contributed by atoms with Crippen molar-refractivity contribution < 1.29 is 18.0 Å². The number of halogens is 3. The van der Waals surface area contributed by atoms with Crippen LogP contribution >= 0.6 is 0 Å². The van der Waals surface area contributed by atoms with Gasteiger partial charge in [0.1, 0.15) is 6.54 Å². The highest BCUT2D eigenvalue weighted by molar-refractivity contribution is 5.76. The molecule has 0 aromatic carbocycles. The zero-order valence-corrected chi connectivity index (χ0v) is 12.2. The highest BCUT2D eigenvalue weighted by Crippen LogP contribution is 2.27. The van der Waals surface area contributed by atoms with Gasteiger partial charge in [0.05, 0.1) is 12.1 Å². The number of nitrogens with one attached hydrogen (secondary N) is 1. The molecule has 2 aromatic heterocycles. The number of carbonyl (C=O) groups is 1. The van der Waals surface area contributed by atoms with Crippen molar-refractivity contribution in [3.05, 3.63) is 52.7 Å². The topological polar surface area (TPSA) is 68.9 Å². The van der Waals surface area contributed by atoms with Gasteiger partial charge in [0.25, 0.3) is 5.56 Å². The molecule has 9 heteroatoms. The molecule has 124 valence electrons. The summed E-state index contributed by atoms with van der Waals surface area (Å²) >= 11 is 0. The van der Waals surface area contributed by atoms with E-state index in [2.05, 4.69) is 10.4 Å². The first-order valence-electron chi connectivity index (χ1n) is 6.80. The molecular formula is C14H15F3N4O2. The Kier molecular flexibility index (Phi) is 4.87. The van der Waals surface area contributed by atoms with Crippen LogP contribution in [0.1, 0.15) is 12.5 Å². The first-order valence-corrected chi connectivity index (χ1v) is 6.80. The minimum Gasteiger partial charge on any atom is -0.350 e. The number of alkyl halides is 3. The van der Waals surface area contributed by atoms with E-state index in [1.807, 2.05) is 0 Å². The van der Waals surface area contributed by atoms with Crippen molar-refractivity contribution >= 4 is 5.91 Å². The summed E-state index contributed by atoms with van der Waals surface area (Å²) in [5.74, 6) is -0.550. The summed E-state index contributed by atoms with van der Waals surface area (Å²) in [6.07, 6.45) is -0.615. The normalized spacial score (nSPS) is 12.9. The molecule has 1 unspecified atom stereocenters. The Balaban J connectivity index is 2.01. The van der Waals surface area contributed by atoms with Crippen molar-refractivity contribution in [1.82, 2.24) is 19.7 Å². The van der Waals surface area contributed by atoms with Crippen molar-refractivity contribution in [2.45, 2.75) is 32.2 Å². The number of amides is 1. The third kappa shape index (κ3) is 4.70. The predicted octanol–water partition coefficient (Wildman–Crippen LogP) is 1.27. The number of carbonyl (C=O) groups excluding carboxylic acids is 1. The third-order valence-electron chi connectivity index (χ3n) is 3.05. The number of hydrogen-bond donors (Lipinski definition) is 1. The minimum atomic E-state index is -4.57. The summed E-state index contributed by atoms with van der Waals surface area (Å²) in [7, 11) is 0. The number of nitrogens with zero attached hydrogens (tertiary/aromatic N) is 3. The van der Waals surface area contributed by atoms with Gasteiger partial charge in [-0.25, -0.2) is 0 Å². The number of aromatic nitrogens is 3. The summed E-state index contributed by atoms with van der Waals surface area (Å²) in [6.45, 7) is 1.66. The molecule has 1 amide bonds. The van der Waals surface area contributed by atoms with Crippen LogP contribution in [0.15, 0.2) is 41.6 Å². The van der Waals surface area contributed by atoms with Gasteiger partial charge in [-0.3, -0.25) is 14.3 Å². The Labute approximate surface area is 129 Å². The first kappa shape index (κ1) is 16.8. The van der Waals surface area contributed by atoms with Crippen LogP contribution in [0, 0.1) is 0 Å². The van der Waals surface area contributed by atoms with Crippen LogP contribution in [-0.4, -0.2) is 26.3 Å².